The predicted octanol–water partition coefficient (Wildman–Crippen LogP) is 3.15. The second-order valence-corrected chi connectivity index (χ2v) is 7.65. The van der Waals surface area contributed by atoms with Crippen molar-refractivity contribution in [3.63, 3.8) is 0 Å². The minimum atomic E-state index is -0.280. The van der Waals surface area contributed by atoms with Gasteiger partial charge in [-0.25, -0.2) is 0 Å². The Bertz CT molecular complexity index is 466. The Balaban J connectivity index is 1.72. The molecule has 1 saturated heterocycles. The summed E-state index contributed by atoms with van der Waals surface area (Å²) in [6.45, 7) is 8.68. The summed E-state index contributed by atoms with van der Waals surface area (Å²) in [5.74, 6) is 0. The maximum Gasteiger partial charge on any atom is 0.0689 e. The van der Waals surface area contributed by atoms with Crippen LogP contribution in [0.15, 0.2) is 30.3 Å². The predicted molar refractivity (Wildman–Crippen MR) is 104 cm³/mol. The molecule has 2 rings (SSSR count). The zero-order valence-corrected chi connectivity index (χ0v) is 16.2. The summed E-state index contributed by atoms with van der Waals surface area (Å²) in [5.41, 5.74) is 1.38. The molecular weight excluding hydrogens is 312 g/mol. The van der Waals surface area contributed by atoms with Gasteiger partial charge in [-0.15, -0.1) is 0 Å². The molecule has 2 atom stereocenters. The average molecular weight is 349 g/mol. The van der Waals surface area contributed by atoms with Crippen LogP contribution in [0.5, 0.6) is 0 Å². The van der Waals surface area contributed by atoms with Gasteiger partial charge in [-0.3, -0.25) is 4.90 Å². The quantitative estimate of drug-likeness (QED) is 0.744. The van der Waals surface area contributed by atoms with E-state index >= 15 is 0 Å². The minimum Gasteiger partial charge on any atom is -0.392 e. The first kappa shape index (κ1) is 20.4. The summed E-state index contributed by atoms with van der Waals surface area (Å²) in [6, 6.07) is 11.3. The Kier molecular flexibility index (Phi) is 8.90. The van der Waals surface area contributed by atoms with E-state index in [1.54, 1.807) is 0 Å². The van der Waals surface area contributed by atoms with Gasteiger partial charge in [-0.05, 0) is 65.2 Å². The maximum atomic E-state index is 10.2. The Hall–Kier alpha value is -0.940. The van der Waals surface area contributed by atoms with Gasteiger partial charge in [0.15, 0.2) is 0 Å². The molecule has 142 valence electrons. The first-order valence-corrected chi connectivity index (χ1v) is 9.80. The Morgan fingerprint density at radius 3 is 2.68 bits per heavy atom. The van der Waals surface area contributed by atoms with E-state index < -0.39 is 0 Å². The number of rotatable bonds is 9. The van der Waals surface area contributed by atoms with Crippen molar-refractivity contribution in [1.82, 2.24) is 9.80 Å². The molecule has 1 aromatic rings. The molecule has 0 bridgehead atoms. The van der Waals surface area contributed by atoms with Gasteiger partial charge >= 0.3 is 0 Å². The molecular formula is C21H36N2O2. The lowest BCUT2D eigenvalue weighted by Gasteiger charge is -2.27. The van der Waals surface area contributed by atoms with Crippen LogP contribution in [0, 0.1) is 0 Å². The van der Waals surface area contributed by atoms with Crippen LogP contribution in [-0.2, 0) is 11.3 Å². The topological polar surface area (TPSA) is 35.9 Å². The van der Waals surface area contributed by atoms with Crippen molar-refractivity contribution in [2.45, 2.75) is 64.3 Å². The van der Waals surface area contributed by atoms with Crippen molar-refractivity contribution in [1.29, 1.82) is 0 Å². The maximum absolute atomic E-state index is 10.2. The highest BCUT2D eigenvalue weighted by molar-refractivity contribution is 5.14. The number of benzene rings is 1. The number of likely N-dealkylation sites (tertiary alicyclic amines) is 1. The summed E-state index contributed by atoms with van der Waals surface area (Å²) >= 11 is 0. The van der Waals surface area contributed by atoms with E-state index in [0.29, 0.717) is 12.6 Å². The Labute approximate surface area is 153 Å². The smallest absolute Gasteiger partial charge is 0.0689 e. The van der Waals surface area contributed by atoms with Crippen LogP contribution in [0.25, 0.3) is 0 Å². The fraction of sp³-hybridized carbons (Fsp3) is 0.714. The molecule has 0 aliphatic carbocycles. The van der Waals surface area contributed by atoms with Crippen LogP contribution in [0.4, 0.5) is 0 Å². The van der Waals surface area contributed by atoms with Crippen molar-refractivity contribution in [2.24, 2.45) is 0 Å². The number of hydrogen-bond donors (Lipinski definition) is 1. The third-order valence-corrected chi connectivity index (χ3v) is 5.06. The standard InChI is InChI=1S/C21H36N2O2/c1-18(2)25-15-12-21(24)17-23-13-7-10-20(11-14-23)22(3)16-19-8-5-4-6-9-19/h4-6,8-9,18,20-21,24H,7,10-17H2,1-3H3. The number of nitrogens with zero attached hydrogens (tertiary/aromatic N) is 2. The second-order valence-electron chi connectivity index (χ2n) is 7.65. The molecule has 0 amide bonds. The van der Waals surface area contributed by atoms with E-state index in [-0.39, 0.29) is 12.2 Å². The molecule has 1 aliphatic heterocycles. The number of ether oxygens (including phenoxy) is 1. The lowest BCUT2D eigenvalue weighted by Crippen LogP contribution is -2.35. The first-order valence-electron chi connectivity index (χ1n) is 9.80. The van der Waals surface area contributed by atoms with Crippen LogP contribution in [-0.4, -0.2) is 66.4 Å². The summed E-state index contributed by atoms with van der Waals surface area (Å²) < 4.78 is 5.55. The van der Waals surface area contributed by atoms with E-state index in [1.807, 2.05) is 13.8 Å². The molecule has 1 aromatic carbocycles. The van der Waals surface area contributed by atoms with Gasteiger partial charge in [0.2, 0.25) is 0 Å². The van der Waals surface area contributed by atoms with E-state index in [4.69, 9.17) is 4.74 Å². The van der Waals surface area contributed by atoms with Gasteiger partial charge in [0.25, 0.3) is 0 Å². The largest absolute Gasteiger partial charge is 0.392 e. The average Bonchev–Trinajstić information content (AvgIpc) is 2.81. The third kappa shape index (κ3) is 7.87. The van der Waals surface area contributed by atoms with Gasteiger partial charge in [0, 0.05) is 25.7 Å². The molecule has 1 N–H and O–H groups in total. The molecule has 1 aliphatic rings. The van der Waals surface area contributed by atoms with Gasteiger partial charge < -0.3 is 14.7 Å². The fourth-order valence-corrected chi connectivity index (χ4v) is 3.59. The zero-order chi connectivity index (χ0) is 18.1. The molecule has 25 heavy (non-hydrogen) atoms. The lowest BCUT2D eigenvalue weighted by molar-refractivity contribution is 0.0347. The van der Waals surface area contributed by atoms with Crippen molar-refractivity contribution in [3.8, 4) is 0 Å². The molecule has 0 saturated carbocycles. The second kappa shape index (κ2) is 10.9. The van der Waals surface area contributed by atoms with Gasteiger partial charge in [0.1, 0.15) is 0 Å². The monoisotopic (exact) mass is 348 g/mol. The van der Waals surface area contributed by atoms with Crippen LogP contribution in [0.2, 0.25) is 0 Å². The Morgan fingerprint density at radius 2 is 1.96 bits per heavy atom. The summed E-state index contributed by atoms with van der Waals surface area (Å²) in [5, 5.41) is 10.2. The molecule has 0 spiro atoms. The molecule has 1 fully saturated rings. The molecule has 4 heteroatoms. The normalized spacial score (nSPS) is 20.8. The number of hydrogen-bond acceptors (Lipinski definition) is 4. The molecule has 0 radical (unpaired) electrons. The van der Waals surface area contributed by atoms with E-state index in [1.165, 1.54) is 24.8 Å². The van der Waals surface area contributed by atoms with Gasteiger partial charge in [-0.1, -0.05) is 30.3 Å². The van der Waals surface area contributed by atoms with Crippen molar-refractivity contribution < 1.29 is 9.84 Å². The van der Waals surface area contributed by atoms with Crippen LogP contribution in [0.3, 0.4) is 0 Å². The van der Waals surface area contributed by atoms with E-state index in [2.05, 4.69) is 47.2 Å². The van der Waals surface area contributed by atoms with Crippen LogP contribution >= 0.6 is 0 Å². The number of β-amino-alcohol motifs (C(OH)–C–C–N with tert-alkyl or cyclic N) is 1. The Morgan fingerprint density at radius 1 is 1.20 bits per heavy atom. The molecule has 4 nitrogen and oxygen atoms in total. The van der Waals surface area contributed by atoms with Crippen molar-refractivity contribution in [2.75, 3.05) is 33.3 Å². The third-order valence-electron chi connectivity index (χ3n) is 5.06. The molecule has 1 heterocycles. The van der Waals surface area contributed by atoms with Gasteiger partial charge in [0.05, 0.1) is 12.2 Å². The molecule has 2 unspecified atom stereocenters. The summed E-state index contributed by atoms with van der Waals surface area (Å²) in [7, 11) is 2.24. The highest BCUT2D eigenvalue weighted by atomic mass is 16.5. The summed E-state index contributed by atoms with van der Waals surface area (Å²) in [6.07, 6.45) is 4.32. The molecule has 0 aromatic heterocycles. The lowest BCUT2D eigenvalue weighted by atomic mass is 10.1. The van der Waals surface area contributed by atoms with Crippen LogP contribution in [0.1, 0.15) is 45.1 Å². The highest BCUT2D eigenvalue weighted by Crippen LogP contribution is 2.18. The SMILES string of the molecule is CC(C)OCCC(O)CN1CCCC(N(C)Cc2ccccc2)CC1. The van der Waals surface area contributed by atoms with Crippen molar-refractivity contribution in [3.05, 3.63) is 35.9 Å². The van der Waals surface area contributed by atoms with E-state index in [0.717, 1.165) is 32.6 Å². The van der Waals surface area contributed by atoms with Crippen LogP contribution < -0.4 is 0 Å². The highest BCUT2D eigenvalue weighted by Gasteiger charge is 2.21. The number of aliphatic hydroxyl groups is 1. The fourth-order valence-electron chi connectivity index (χ4n) is 3.59. The summed E-state index contributed by atoms with van der Waals surface area (Å²) in [4.78, 5) is 4.92. The number of aliphatic hydroxyl groups excluding tert-OH is 1. The van der Waals surface area contributed by atoms with E-state index in [9.17, 15) is 5.11 Å². The first-order chi connectivity index (χ1) is 12.0. The minimum absolute atomic E-state index is 0.242. The zero-order valence-electron chi connectivity index (χ0n) is 16.2. The van der Waals surface area contributed by atoms with Crippen molar-refractivity contribution >= 4 is 0 Å². The van der Waals surface area contributed by atoms with Gasteiger partial charge in [-0.2, -0.15) is 0 Å².